The molecule has 0 aromatic heterocycles. The van der Waals surface area contributed by atoms with Crippen molar-refractivity contribution in [1.29, 1.82) is 0 Å². The molecule has 0 amide bonds. The number of thiocarbonyl (C=S) groups is 1. The van der Waals surface area contributed by atoms with Crippen LogP contribution in [-0.2, 0) is 11.2 Å². The van der Waals surface area contributed by atoms with Crippen LogP contribution in [-0.4, -0.2) is 17.7 Å². The molecule has 3 rings (SSSR count). The number of ether oxygens (including phenoxy) is 1. The van der Waals surface area contributed by atoms with E-state index < -0.39 is 0 Å². The van der Waals surface area contributed by atoms with E-state index in [9.17, 15) is 4.79 Å². The highest BCUT2D eigenvalue weighted by molar-refractivity contribution is 7.80. The van der Waals surface area contributed by atoms with Crippen LogP contribution in [0.15, 0.2) is 42.5 Å². The van der Waals surface area contributed by atoms with Gasteiger partial charge in [0.05, 0.1) is 18.2 Å². The molecule has 1 atom stereocenters. The van der Waals surface area contributed by atoms with Gasteiger partial charge >= 0.3 is 5.97 Å². The van der Waals surface area contributed by atoms with Crippen LogP contribution in [0, 0.1) is 6.92 Å². The monoisotopic (exact) mass is 368 g/mol. The van der Waals surface area contributed by atoms with E-state index >= 15 is 0 Å². The number of rotatable bonds is 4. The highest BCUT2D eigenvalue weighted by Crippen LogP contribution is 2.29. The zero-order valence-electron chi connectivity index (χ0n) is 15.2. The Morgan fingerprint density at radius 2 is 2.08 bits per heavy atom. The number of anilines is 1. The Hall–Kier alpha value is -2.40. The van der Waals surface area contributed by atoms with Crippen molar-refractivity contribution >= 4 is 29.0 Å². The van der Waals surface area contributed by atoms with Crippen molar-refractivity contribution < 1.29 is 9.53 Å². The van der Waals surface area contributed by atoms with Crippen molar-refractivity contribution in [3.8, 4) is 0 Å². The highest BCUT2D eigenvalue weighted by Gasteiger charge is 2.20. The Labute approximate surface area is 160 Å². The molecule has 136 valence electrons. The fourth-order valence-corrected chi connectivity index (χ4v) is 3.57. The van der Waals surface area contributed by atoms with Crippen molar-refractivity contribution in [2.24, 2.45) is 0 Å². The van der Waals surface area contributed by atoms with Gasteiger partial charge < -0.3 is 15.4 Å². The van der Waals surface area contributed by atoms with E-state index in [1.54, 1.807) is 19.1 Å². The quantitative estimate of drug-likeness (QED) is 0.613. The van der Waals surface area contributed by atoms with Crippen molar-refractivity contribution in [2.45, 2.75) is 39.2 Å². The molecule has 1 aliphatic rings. The summed E-state index contributed by atoms with van der Waals surface area (Å²) in [5.74, 6) is -0.323. The van der Waals surface area contributed by atoms with E-state index in [0.717, 1.165) is 30.5 Å². The maximum atomic E-state index is 11.9. The van der Waals surface area contributed by atoms with Crippen LogP contribution >= 0.6 is 12.2 Å². The van der Waals surface area contributed by atoms with E-state index in [1.165, 1.54) is 11.1 Å². The van der Waals surface area contributed by atoms with Gasteiger partial charge in [-0.1, -0.05) is 30.3 Å². The number of benzene rings is 2. The lowest BCUT2D eigenvalue weighted by molar-refractivity contribution is 0.0526. The van der Waals surface area contributed by atoms with Crippen LogP contribution in [0.1, 0.15) is 52.9 Å². The van der Waals surface area contributed by atoms with E-state index in [0.29, 0.717) is 17.3 Å². The lowest BCUT2D eigenvalue weighted by Crippen LogP contribution is -2.34. The number of hydrogen-bond acceptors (Lipinski definition) is 3. The Bertz CT molecular complexity index is 819. The molecule has 0 fully saturated rings. The Kier molecular flexibility index (Phi) is 5.89. The van der Waals surface area contributed by atoms with Crippen molar-refractivity contribution in [1.82, 2.24) is 5.32 Å². The second-order valence-corrected chi connectivity index (χ2v) is 6.90. The molecule has 2 aromatic rings. The van der Waals surface area contributed by atoms with Gasteiger partial charge in [0.2, 0.25) is 0 Å². The summed E-state index contributed by atoms with van der Waals surface area (Å²) in [6.07, 6.45) is 3.32. The molecule has 2 aromatic carbocycles. The van der Waals surface area contributed by atoms with Gasteiger partial charge in [0.15, 0.2) is 5.11 Å². The summed E-state index contributed by atoms with van der Waals surface area (Å²) in [5, 5.41) is 7.23. The lowest BCUT2D eigenvalue weighted by Gasteiger charge is -2.27. The molecule has 2 N–H and O–H groups in total. The molecule has 0 spiro atoms. The first-order chi connectivity index (χ1) is 12.6. The molecule has 0 heterocycles. The molecule has 1 aliphatic carbocycles. The van der Waals surface area contributed by atoms with Gasteiger partial charge in [0, 0.05) is 5.69 Å². The number of carbonyl (C=O) groups excluding carboxylic acids is 1. The fourth-order valence-electron chi connectivity index (χ4n) is 3.32. The Morgan fingerprint density at radius 1 is 1.27 bits per heavy atom. The molecule has 0 saturated heterocycles. The maximum Gasteiger partial charge on any atom is 0.338 e. The zero-order chi connectivity index (χ0) is 18.5. The van der Waals surface area contributed by atoms with Gasteiger partial charge in [-0.3, -0.25) is 0 Å². The van der Waals surface area contributed by atoms with Crippen molar-refractivity contribution in [3.63, 3.8) is 0 Å². The smallest absolute Gasteiger partial charge is 0.338 e. The van der Waals surface area contributed by atoms with E-state index in [1.807, 2.05) is 13.0 Å². The van der Waals surface area contributed by atoms with Crippen LogP contribution in [0.2, 0.25) is 0 Å². The molecule has 0 radical (unpaired) electrons. The van der Waals surface area contributed by atoms with Gasteiger partial charge in [-0.25, -0.2) is 4.79 Å². The molecular weight excluding hydrogens is 344 g/mol. The van der Waals surface area contributed by atoms with Crippen molar-refractivity contribution in [3.05, 3.63) is 64.7 Å². The van der Waals surface area contributed by atoms with E-state index in [4.69, 9.17) is 17.0 Å². The second-order valence-electron chi connectivity index (χ2n) is 6.49. The third-order valence-electron chi connectivity index (χ3n) is 4.67. The van der Waals surface area contributed by atoms with Crippen LogP contribution in [0.4, 0.5) is 5.69 Å². The van der Waals surface area contributed by atoms with Gasteiger partial charge in [0.25, 0.3) is 0 Å². The topological polar surface area (TPSA) is 50.4 Å². The third kappa shape index (κ3) is 4.22. The first-order valence-corrected chi connectivity index (χ1v) is 9.42. The lowest BCUT2D eigenvalue weighted by atomic mass is 9.88. The average molecular weight is 369 g/mol. The van der Waals surface area contributed by atoms with Gasteiger partial charge in [-0.15, -0.1) is 0 Å². The minimum absolute atomic E-state index is 0.216. The number of esters is 1. The van der Waals surface area contributed by atoms with Crippen LogP contribution in [0.25, 0.3) is 0 Å². The Morgan fingerprint density at radius 3 is 2.88 bits per heavy atom. The maximum absolute atomic E-state index is 11.9. The zero-order valence-corrected chi connectivity index (χ0v) is 16.0. The van der Waals surface area contributed by atoms with Gasteiger partial charge in [-0.05, 0) is 74.2 Å². The summed E-state index contributed by atoms with van der Waals surface area (Å²) in [5.41, 5.74) is 5.06. The number of carbonyl (C=O) groups is 1. The first kappa shape index (κ1) is 18.4. The molecule has 26 heavy (non-hydrogen) atoms. The van der Waals surface area contributed by atoms with Crippen LogP contribution in [0.5, 0.6) is 0 Å². The second kappa shape index (κ2) is 8.32. The third-order valence-corrected chi connectivity index (χ3v) is 4.89. The highest BCUT2D eigenvalue weighted by atomic mass is 32.1. The number of fused-ring (bicyclic) bond motifs is 1. The number of aryl methyl sites for hydroxylation is 2. The summed E-state index contributed by atoms with van der Waals surface area (Å²) in [6.45, 7) is 4.14. The van der Waals surface area contributed by atoms with Gasteiger partial charge in [0.1, 0.15) is 0 Å². The minimum atomic E-state index is -0.323. The minimum Gasteiger partial charge on any atom is -0.462 e. The summed E-state index contributed by atoms with van der Waals surface area (Å²) in [4.78, 5) is 11.9. The normalized spacial score (nSPS) is 15.7. The molecule has 0 bridgehead atoms. The largest absolute Gasteiger partial charge is 0.462 e. The summed E-state index contributed by atoms with van der Waals surface area (Å²) < 4.78 is 5.07. The molecule has 0 aliphatic heterocycles. The standard InChI is InChI=1S/C21H24N2O2S/c1-3-25-20(24)16-12-11-14(2)19(13-16)23-21(26)22-18-10-6-8-15-7-4-5-9-17(15)18/h4-5,7,9,11-13,18H,3,6,8,10H2,1-2H3,(H2,22,23,26). The summed E-state index contributed by atoms with van der Waals surface area (Å²) >= 11 is 5.53. The Balaban J connectivity index is 1.71. The predicted molar refractivity (Wildman–Crippen MR) is 109 cm³/mol. The van der Waals surface area contributed by atoms with Crippen LogP contribution in [0.3, 0.4) is 0 Å². The number of nitrogens with one attached hydrogen (secondary N) is 2. The molecule has 5 heteroatoms. The predicted octanol–water partition coefficient (Wildman–Crippen LogP) is 4.54. The first-order valence-electron chi connectivity index (χ1n) is 9.01. The van der Waals surface area contributed by atoms with Crippen molar-refractivity contribution in [2.75, 3.05) is 11.9 Å². The summed E-state index contributed by atoms with van der Waals surface area (Å²) in [6, 6.07) is 14.2. The van der Waals surface area contributed by atoms with E-state index in [2.05, 4.69) is 34.9 Å². The SMILES string of the molecule is CCOC(=O)c1ccc(C)c(NC(=S)NC2CCCc3ccccc32)c1. The molecule has 1 unspecified atom stereocenters. The fraction of sp³-hybridized carbons (Fsp3) is 0.333. The molecular formula is C21H24N2O2S. The average Bonchev–Trinajstić information content (AvgIpc) is 2.64. The van der Waals surface area contributed by atoms with E-state index in [-0.39, 0.29) is 12.0 Å². The molecule has 0 saturated carbocycles. The number of hydrogen-bond donors (Lipinski definition) is 2. The van der Waals surface area contributed by atoms with Crippen LogP contribution < -0.4 is 10.6 Å². The molecule has 4 nitrogen and oxygen atoms in total. The summed E-state index contributed by atoms with van der Waals surface area (Å²) in [7, 11) is 0. The van der Waals surface area contributed by atoms with Gasteiger partial charge in [-0.2, -0.15) is 0 Å².